The van der Waals surface area contributed by atoms with Gasteiger partial charge in [-0.3, -0.25) is 0 Å². The van der Waals surface area contributed by atoms with E-state index in [2.05, 4.69) is 38.1 Å². The molecule has 114 valence electrons. The van der Waals surface area contributed by atoms with Crippen molar-refractivity contribution in [3.8, 4) is 0 Å². The molecule has 1 N–H and O–H groups in total. The second-order valence-electron chi connectivity index (χ2n) is 6.03. The summed E-state index contributed by atoms with van der Waals surface area (Å²) in [6.45, 7) is 4.39. The van der Waals surface area contributed by atoms with E-state index in [-0.39, 0.29) is 12.0 Å². The molecule has 0 aliphatic carbocycles. The average Bonchev–Trinajstić information content (AvgIpc) is 2.50. The Kier molecular flexibility index (Phi) is 9.40. The van der Waals surface area contributed by atoms with Crippen molar-refractivity contribution in [2.24, 2.45) is 0 Å². The highest BCUT2D eigenvalue weighted by molar-refractivity contribution is 5.19. The van der Waals surface area contributed by atoms with Crippen LogP contribution in [-0.4, -0.2) is 11.2 Å². The van der Waals surface area contributed by atoms with Gasteiger partial charge in [0.25, 0.3) is 0 Å². The Balaban J connectivity index is 2.07. The van der Waals surface area contributed by atoms with Crippen LogP contribution < -0.4 is 0 Å². The van der Waals surface area contributed by atoms with Crippen LogP contribution in [0.1, 0.15) is 83.1 Å². The molecule has 0 saturated heterocycles. The van der Waals surface area contributed by atoms with Crippen LogP contribution in [0.15, 0.2) is 30.3 Å². The Bertz CT molecular complexity index is 320. The van der Waals surface area contributed by atoms with Gasteiger partial charge in [0.15, 0.2) is 0 Å². The molecule has 2 unspecified atom stereocenters. The van der Waals surface area contributed by atoms with E-state index in [1.54, 1.807) is 0 Å². The van der Waals surface area contributed by atoms with Crippen molar-refractivity contribution >= 4 is 0 Å². The molecule has 1 nitrogen and oxygen atoms in total. The fraction of sp³-hybridized carbons (Fsp3) is 0.684. The normalized spacial score (nSPS) is 14.2. The minimum absolute atomic E-state index is 0.197. The predicted molar refractivity (Wildman–Crippen MR) is 88.1 cm³/mol. The summed E-state index contributed by atoms with van der Waals surface area (Å²) in [6.07, 6.45) is 11.3. The first-order chi connectivity index (χ1) is 9.75. The number of rotatable bonds is 11. The van der Waals surface area contributed by atoms with Crippen molar-refractivity contribution in [1.82, 2.24) is 0 Å². The highest BCUT2D eigenvalue weighted by Gasteiger charge is 2.15. The molecular formula is C19H32O. The molecule has 0 aliphatic heterocycles. The van der Waals surface area contributed by atoms with Crippen LogP contribution in [0, 0.1) is 0 Å². The van der Waals surface area contributed by atoms with Gasteiger partial charge in [0.2, 0.25) is 0 Å². The molecule has 0 spiro atoms. The molecule has 1 aromatic rings. The Hall–Kier alpha value is -0.820. The third kappa shape index (κ3) is 7.09. The van der Waals surface area contributed by atoms with E-state index in [4.69, 9.17) is 0 Å². The van der Waals surface area contributed by atoms with Gasteiger partial charge in [-0.1, -0.05) is 95.5 Å². The molecule has 0 heterocycles. The van der Waals surface area contributed by atoms with Crippen LogP contribution in [0.5, 0.6) is 0 Å². The van der Waals surface area contributed by atoms with E-state index < -0.39 is 0 Å². The van der Waals surface area contributed by atoms with Crippen LogP contribution in [0.4, 0.5) is 0 Å². The Labute approximate surface area is 125 Å². The lowest BCUT2D eigenvalue weighted by atomic mass is 9.92. The van der Waals surface area contributed by atoms with Crippen LogP contribution in [0.3, 0.4) is 0 Å². The largest absolute Gasteiger partial charge is 0.393 e. The number of aliphatic hydroxyl groups excluding tert-OH is 1. The quantitative estimate of drug-likeness (QED) is 0.515. The van der Waals surface area contributed by atoms with Crippen LogP contribution in [-0.2, 0) is 0 Å². The molecule has 0 bridgehead atoms. The van der Waals surface area contributed by atoms with E-state index in [0.29, 0.717) is 0 Å². The van der Waals surface area contributed by atoms with Crippen molar-refractivity contribution in [1.29, 1.82) is 0 Å². The number of aliphatic hydroxyl groups is 1. The number of unbranched alkanes of at least 4 members (excludes halogenated alkanes) is 7. The maximum absolute atomic E-state index is 10.2. The van der Waals surface area contributed by atoms with Crippen LogP contribution in [0.2, 0.25) is 0 Å². The molecule has 2 atom stereocenters. The molecule has 0 aliphatic rings. The summed E-state index contributed by atoms with van der Waals surface area (Å²) in [4.78, 5) is 0. The Morgan fingerprint density at radius 2 is 1.40 bits per heavy atom. The summed E-state index contributed by atoms with van der Waals surface area (Å²) in [5, 5.41) is 10.2. The third-order valence-electron chi connectivity index (χ3n) is 4.26. The lowest BCUT2D eigenvalue weighted by Crippen LogP contribution is -2.15. The lowest BCUT2D eigenvalue weighted by molar-refractivity contribution is 0.136. The molecule has 1 aromatic carbocycles. The first-order valence-corrected chi connectivity index (χ1v) is 8.48. The van der Waals surface area contributed by atoms with E-state index in [1.165, 1.54) is 50.5 Å². The van der Waals surface area contributed by atoms with Gasteiger partial charge in [-0.05, 0) is 12.0 Å². The number of hydrogen-bond acceptors (Lipinski definition) is 1. The molecule has 0 fully saturated rings. The molecule has 1 rings (SSSR count). The lowest BCUT2D eigenvalue weighted by Gasteiger charge is -2.19. The van der Waals surface area contributed by atoms with E-state index in [0.717, 1.165) is 12.8 Å². The topological polar surface area (TPSA) is 20.2 Å². The minimum atomic E-state index is -0.197. The minimum Gasteiger partial charge on any atom is -0.393 e. The van der Waals surface area contributed by atoms with Crippen molar-refractivity contribution in [3.63, 3.8) is 0 Å². The highest BCUT2D eigenvalue weighted by Crippen LogP contribution is 2.22. The molecule has 0 amide bonds. The molecule has 0 saturated carbocycles. The summed E-state index contributed by atoms with van der Waals surface area (Å²) < 4.78 is 0. The van der Waals surface area contributed by atoms with Gasteiger partial charge >= 0.3 is 0 Å². The molecule has 0 aromatic heterocycles. The van der Waals surface area contributed by atoms with Gasteiger partial charge in [0.1, 0.15) is 0 Å². The Morgan fingerprint density at radius 3 is 2.00 bits per heavy atom. The zero-order valence-electron chi connectivity index (χ0n) is 13.4. The van der Waals surface area contributed by atoms with E-state index in [9.17, 15) is 5.11 Å². The highest BCUT2D eigenvalue weighted by atomic mass is 16.3. The molecule has 20 heavy (non-hydrogen) atoms. The SMILES string of the molecule is CCCCCCCCCCC(O)C(C)c1ccccc1. The fourth-order valence-corrected chi connectivity index (χ4v) is 2.72. The smallest absolute Gasteiger partial charge is 0.0606 e. The number of benzene rings is 1. The van der Waals surface area contributed by atoms with Crippen LogP contribution in [0.25, 0.3) is 0 Å². The summed E-state index contributed by atoms with van der Waals surface area (Å²) in [6, 6.07) is 10.4. The van der Waals surface area contributed by atoms with Crippen molar-refractivity contribution in [3.05, 3.63) is 35.9 Å². The van der Waals surface area contributed by atoms with Gasteiger partial charge in [-0.25, -0.2) is 0 Å². The average molecular weight is 276 g/mol. The second kappa shape index (κ2) is 10.9. The van der Waals surface area contributed by atoms with Gasteiger partial charge < -0.3 is 5.11 Å². The predicted octanol–water partition coefficient (Wildman–Crippen LogP) is 5.68. The standard InChI is InChI=1S/C19H32O/c1-3-4-5-6-7-8-9-13-16-19(20)17(2)18-14-11-10-12-15-18/h10-12,14-15,17,19-20H,3-9,13,16H2,1-2H3. The summed E-state index contributed by atoms with van der Waals surface area (Å²) >= 11 is 0. The number of hydrogen-bond donors (Lipinski definition) is 1. The molecule has 1 heteroatoms. The van der Waals surface area contributed by atoms with E-state index in [1.807, 2.05) is 6.07 Å². The van der Waals surface area contributed by atoms with Gasteiger partial charge in [0.05, 0.1) is 6.10 Å². The second-order valence-corrected chi connectivity index (χ2v) is 6.03. The molecular weight excluding hydrogens is 244 g/mol. The first-order valence-electron chi connectivity index (χ1n) is 8.48. The maximum atomic E-state index is 10.2. The van der Waals surface area contributed by atoms with Crippen LogP contribution >= 0.6 is 0 Å². The third-order valence-corrected chi connectivity index (χ3v) is 4.26. The van der Waals surface area contributed by atoms with Gasteiger partial charge in [0, 0.05) is 5.92 Å². The van der Waals surface area contributed by atoms with Crippen molar-refractivity contribution in [2.75, 3.05) is 0 Å². The maximum Gasteiger partial charge on any atom is 0.0606 e. The van der Waals surface area contributed by atoms with Crippen molar-refractivity contribution < 1.29 is 5.11 Å². The monoisotopic (exact) mass is 276 g/mol. The summed E-state index contributed by atoms with van der Waals surface area (Å²) in [7, 11) is 0. The van der Waals surface area contributed by atoms with Crippen molar-refractivity contribution in [2.45, 2.75) is 83.7 Å². The van der Waals surface area contributed by atoms with E-state index >= 15 is 0 Å². The summed E-state index contributed by atoms with van der Waals surface area (Å²) in [5.74, 6) is 0.251. The first kappa shape index (κ1) is 17.2. The van der Waals surface area contributed by atoms with Gasteiger partial charge in [-0.2, -0.15) is 0 Å². The summed E-state index contributed by atoms with van der Waals surface area (Å²) in [5.41, 5.74) is 1.25. The molecule has 0 radical (unpaired) electrons. The zero-order valence-corrected chi connectivity index (χ0v) is 13.4. The Morgan fingerprint density at radius 1 is 0.850 bits per heavy atom. The zero-order chi connectivity index (χ0) is 14.6. The fourth-order valence-electron chi connectivity index (χ4n) is 2.72. The van der Waals surface area contributed by atoms with Gasteiger partial charge in [-0.15, -0.1) is 0 Å².